The number of H-pyrrole nitrogens is 1. The number of carbonyl (C=O) groups is 3. The molecule has 3 rings (SSSR count). The number of carbonyl (C=O) groups excluding carboxylic acids is 3. The van der Waals surface area contributed by atoms with Crippen LogP contribution in [0.25, 0.3) is 0 Å². The summed E-state index contributed by atoms with van der Waals surface area (Å²) in [6.45, 7) is 0. The maximum Gasteiger partial charge on any atom is 0.324 e. The summed E-state index contributed by atoms with van der Waals surface area (Å²) in [6, 6.07) is 21.9. The largest absolute Gasteiger partial charge is 0.468 e. The van der Waals surface area contributed by atoms with Crippen molar-refractivity contribution in [2.75, 3.05) is 7.11 Å². The van der Waals surface area contributed by atoms with Gasteiger partial charge in [0.15, 0.2) is 11.7 Å². The molecular weight excluding hydrogens is 354 g/mol. The van der Waals surface area contributed by atoms with E-state index in [1.165, 1.54) is 7.11 Å². The zero-order valence-corrected chi connectivity index (χ0v) is 15.5. The van der Waals surface area contributed by atoms with Crippen molar-refractivity contribution in [2.45, 2.75) is 12.3 Å². The van der Waals surface area contributed by atoms with E-state index < -0.39 is 29.4 Å². The first kappa shape index (κ1) is 19.3. The van der Waals surface area contributed by atoms with Crippen molar-refractivity contribution in [1.29, 1.82) is 0 Å². The van der Waals surface area contributed by atoms with Gasteiger partial charge in [-0.25, -0.2) is 0 Å². The van der Waals surface area contributed by atoms with E-state index in [4.69, 9.17) is 4.74 Å². The smallest absolute Gasteiger partial charge is 0.324 e. The van der Waals surface area contributed by atoms with E-state index in [0.29, 0.717) is 6.42 Å². The van der Waals surface area contributed by atoms with Gasteiger partial charge in [0.1, 0.15) is 0 Å². The predicted molar refractivity (Wildman–Crippen MR) is 105 cm³/mol. The highest BCUT2D eigenvalue weighted by Gasteiger charge is 2.40. The monoisotopic (exact) mass is 375 g/mol. The molecule has 142 valence electrons. The lowest BCUT2D eigenvalue weighted by atomic mass is 9.81. The average Bonchev–Trinajstić information content (AvgIpc) is 3.28. The molecule has 0 bridgehead atoms. The van der Waals surface area contributed by atoms with Crippen LogP contribution in [0.3, 0.4) is 0 Å². The molecule has 0 amide bonds. The number of esters is 1. The fourth-order valence-electron chi connectivity index (χ4n) is 3.23. The van der Waals surface area contributed by atoms with Crippen LogP contribution < -0.4 is 0 Å². The quantitative estimate of drug-likeness (QED) is 0.371. The average molecular weight is 375 g/mol. The Hall–Kier alpha value is -3.47. The maximum atomic E-state index is 13.4. The number of ether oxygens (including phenoxy) is 1. The lowest BCUT2D eigenvalue weighted by Gasteiger charge is -2.21. The molecule has 1 aromatic heterocycles. The van der Waals surface area contributed by atoms with Gasteiger partial charge in [0.25, 0.3) is 0 Å². The molecule has 0 saturated heterocycles. The van der Waals surface area contributed by atoms with E-state index in [9.17, 15) is 14.4 Å². The number of methoxy groups -OCH3 is 1. The molecule has 2 aromatic carbocycles. The van der Waals surface area contributed by atoms with Gasteiger partial charge in [0, 0.05) is 12.1 Å². The fourth-order valence-corrected chi connectivity index (χ4v) is 3.23. The number of nitrogens with one attached hydrogen (secondary N) is 1. The summed E-state index contributed by atoms with van der Waals surface area (Å²) in [4.78, 5) is 41.5. The zero-order valence-electron chi connectivity index (χ0n) is 15.5. The number of aromatic nitrogens is 1. The van der Waals surface area contributed by atoms with Gasteiger partial charge in [-0.15, -0.1) is 0 Å². The minimum Gasteiger partial charge on any atom is -0.468 e. The predicted octanol–water partition coefficient (Wildman–Crippen LogP) is 3.58. The summed E-state index contributed by atoms with van der Waals surface area (Å²) in [5.41, 5.74) is 1.90. The van der Waals surface area contributed by atoms with Gasteiger partial charge < -0.3 is 9.72 Å². The normalized spacial score (nSPS) is 12.8. The second-order valence-electron chi connectivity index (χ2n) is 6.46. The standard InChI is InChI=1S/C23H21NO4/c1-28-23(27)20(22(26)19-13-8-14-24-19)21(25)18(17-11-6-3-7-12-17)15-16-9-4-2-5-10-16/h2-14,18,20,24H,15H2,1H3. The highest BCUT2D eigenvalue weighted by atomic mass is 16.5. The number of benzene rings is 2. The lowest BCUT2D eigenvalue weighted by Crippen LogP contribution is -2.37. The summed E-state index contributed by atoms with van der Waals surface area (Å²) >= 11 is 0. The van der Waals surface area contributed by atoms with Gasteiger partial charge in [-0.2, -0.15) is 0 Å². The van der Waals surface area contributed by atoms with Crippen molar-refractivity contribution < 1.29 is 19.1 Å². The van der Waals surface area contributed by atoms with Crippen LogP contribution in [0.4, 0.5) is 0 Å². The van der Waals surface area contributed by atoms with E-state index in [-0.39, 0.29) is 5.69 Å². The Morgan fingerprint density at radius 3 is 2.11 bits per heavy atom. The van der Waals surface area contributed by atoms with Gasteiger partial charge in [0.2, 0.25) is 5.78 Å². The van der Waals surface area contributed by atoms with Crippen molar-refractivity contribution in [3.05, 3.63) is 95.8 Å². The highest BCUT2D eigenvalue weighted by molar-refractivity contribution is 6.23. The van der Waals surface area contributed by atoms with Crippen molar-refractivity contribution >= 4 is 17.5 Å². The van der Waals surface area contributed by atoms with E-state index >= 15 is 0 Å². The van der Waals surface area contributed by atoms with Gasteiger partial charge in [-0.05, 0) is 29.7 Å². The van der Waals surface area contributed by atoms with Crippen LogP contribution in [0.15, 0.2) is 79.0 Å². The van der Waals surface area contributed by atoms with Crippen molar-refractivity contribution in [2.24, 2.45) is 5.92 Å². The summed E-state index contributed by atoms with van der Waals surface area (Å²) in [7, 11) is 1.18. The Labute approximate surface area is 163 Å². The van der Waals surface area contributed by atoms with Crippen LogP contribution in [-0.4, -0.2) is 29.6 Å². The highest BCUT2D eigenvalue weighted by Crippen LogP contribution is 2.27. The first-order valence-corrected chi connectivity index (χ1v) is 9.00. The molecule has 1 heterocycles. The van der Waals surface area contributed by atoms with Gasteiger partial charge in [-0.1, -0.05) is 60.7 Å². The topological polar surface area (TPSA) is 76.2 Å². The van der Waals surface area contributed by atoms with Crippen molar-refractivity contribution in [1.82, 2.24) is 4.98 Å². The molecule has 0 saturated carbocycles. The van der Waals surface area contributed by atoms with Gasteiger partial charge in [-0.3, -0.25) is 14.4 Å². The molecule has 2 atom stereocenters. The molecule has 0 fully saturated rings. The molecule has 28 heavy (non-hydrogen) atoms. The van der Waals surface area contributed by atoms with Crippen LogP contribution in [0.2, 0.25) is 0 Å². The molecule has 5 heteroatoms. The van der Waals surface area contributed by atoms with Crippen molar-refractivity contribution in [3.8, 4) is 0 Å². The van der Waals surface area contributed by atoms with Crippen molar-refractivity contribution in [3.63, 3.8) is 0 Å². The van der Waals surface area contributed by atoms with E-state index in [1.54, 1.807) is 18.3 Å². The lowest BCUT2D eigenvalue weighted by molar-refractivity contribution is -0.147. The molecule has 2 unspecified atom stereocenters. The Balaban J connectivity index is 1.99. The van der Waals surface area contributed by atoms with E-state index in [1.807, 2.05) is 60.7 Å². The van der Waals surface area contributed by atoms with Gasteiger partial charge >= 0.3 is 5.97 Å². The number of aromatic amines is 1. The Kier molecular flexibility index (Phi) is 6.17. The van der Waals surface area contributed by atoms with Crippen LogP contribution in [0, 0.1) is 5.92 Å². The molecule has 1 N–H and O–H groups in total. The summed E-state index contributed by atoms with van der Waals surface area (Å²) in [5, 5.41) is 0. The minimum absolute atomic E-state index is 0.204. The maximum absolute atomic E-state index is 13.4. The molecule has 0 aliphatic heterocycles. The second kappa shape index (κ2) is 8.95. The summed E-state index contributed by atoms with van der Waals surface area (Å²) < 4.78 is 4.79. The summed E-state index contributed by atoms with van der Waals surface area (Å²) in [6.07, 6.45) is 1.96. The Morgan fingerprint density at radius 1 is 0.893 bits per heavy atom. The van der Waals surface area contributed by atoms with Crippen LogP contribution in [0.5, 0.6) is 0 Å². The first-order chi connectivity index (χ1) is 13.6. The second-order valence-corrected chi connectivity index (χ2v) is 6.46. The number of hydrogen-bond donors (Lipinski definition) is 1. The Morgan fingerprint density at radius 2 is 1.54 bits per heavy atom. The molecule has 0 aliphatic carbocycles. The van der Waals surface area contributed by atoms with Crippen LogP contribution >= 0.6 is 0 Å². The van der Waals surface area contributed by atoms with Gasteiger partial charge in [0.05, 0.1) is 12.8 Å². The van der Waals surface area contributed by atoms with E-state index in [0.717, 1.165) is 11.1 Å². The molecule has 0 spiro atoms. The number of hydrogen-bond acceptors (Lipinski definition) is 4. The molecule has 0 aliphatic rings. The number of ketones is 2. The zero-order chi connectivity index (χ0) is 19.9. The molecular formula is C23H21NO4. The third kappa shape index (κ3) is 4.26. The fraction of sp³-hybridized carbons (Fsp3) is 0.174. The Bertz CT molecular complexity index is 933. The third-order valence-electron chi connectivity index (χ3n) is 4.68. The number of Topliss-reactive ketones (excluding diaryl/α,β-unsaturated/α-hetero) is 2. The third-order valence-corrected chi connectivity index (χ3v) is 4.68. The summed E-state index contributed by atoms with van der Waals surface area (Å²) in [5.74, 6) is -4.07. The van der Waals surface area contributed by atoms with Crippen LogP contribution in [0.1, 0.15) is 27.5 Å². The molecule has 3 aromatic rings. The van der Waals surface area contributed by atoms with E-state index in [2.05, 4.69) is 4.98 Å². The first-order valence-electron chi connectivity index (χ1n) is 9.00. The molecule has 0 radical (unpaired) electrons. The SMILES string of the molecule is COC(=O)C(C(=O)c1ccc[nH]1)C(=O)C(Cc1ccccc1)c1ccccc1. The minimum atomic E-state index is -1.52. The number of rotatable bonds is 8. The van der Waals surface area contributed by atoms with Crippen LogP contribution in [-0.2, 0) is 20.7 Å². The molecule has 5 nitrogen and oxygen atoms in total.